The lowest BCUT2D eigenvalue weighted by Crippen LogP contribution is -2.34. The van der Waals surface area contributed by atoms with Crippen molar-refractivity contribution in [2.75, 3.05) is 0 Å². The number of rotatable bonds is 0. The molecule has 0 fully saturated rings. The molecule has 0 aliphatic carbocycles. The zero-order chi connectivity index (χ0) is 6.74. The molecule has 3 nitrogen and oxygen atoms in total. The van der Waals surface area contributed by atoms with Crippen LogP contribution < -0.4 is 5.73 Å². The summed E-state index contributed by atoms with van der Waals surface area (Å²) in [5.74, 6) is 0. The van der Waals surface area contributed by atoms with E-state index in [2.05, 4.69) is 4.74 Å². The highest BCUT2D eigenvalue weighted by atomic mass is 16.5. The van der Waals surface area contributed by atoms with Crippen LogP contribution in [0.25, 0.3) is 0 Å². The average Bonchev–Trinajstić information content (AvgIpc) is 1.90. The monoisotopic (exact) mass is 122 g/mol. The summed E-state index contributed by atoms with van der Waals surface area (Å²) in [6, 6.07) is 1.90. The molecule has 1 aliphatic heterocycles. The minimum atomic E-state index is -0.960. The first kappa shape index (κ1) is 5.86. The summed E-state index contributed by atoms with van der Waals surface area (Å²) in [7, 11) is 0. The van der Waals surface area contributed by atoms with Crippen LogP contribution in [0.3, 0.4) is 0 Å². The number of nitriles is 1. The molecule has 0 saturated carbocycles. The number of hydrogen-bond acceptors (Lipinski definition) is 3. The third kappa shape index (κ3) is 1.09. The molecule has 0 atom stereocenters. The van der Waals surface area contributed by atoms with E-state index in [1.165, 1.54) is 24.7 Å². The SMILES string of the molecule is N#CC1(N)C=COC=C1. The van der Waals surface area contributed by atoms with Gasteiger partial charge >= 0.3 is 0 Å². The summed E-state index contributed by atoms with van der Waals surface area (Å²) < 4.78 is 4.67. The van der Waals surface area contributed by atoms with Crippen molar-refractivity contribution in [2.45, 2.75) is 5.54 Å². The van der Waals surface area contributed by atoms with Crippen molar-refractivity contribution in [1.82, 2.24) is 0 Å². The van der Waals surface area contributed by atoms with Gasteiger partial charge in [-0.2, -0.15) is 5.26 Å². The van der Waals surface area contributed by atoms with Gasteiger partial charge in [0.2, 0.25) is 0 Å². The molecule has 0 radical (unpaired) electrons. The zero-order valence-electron chi connectivity index (χ0n) is 4.74. The molecule has 0 aromatic heterocycles. The van der Waals surface area contributed by atoms with Gasteiger partial charge in [-0.05, 0) is 12.2 Å². The molecule has 0 unspecified atom stereocenters. The lowest BCUT2D eigenvalue weighted by Gasteiger charge is -2.12. The molecular formula is C6H6N2O. The molecule has 0 aromatic rings. The van der Waals surface area contributed by atoms with Crippen molar-refractivity contribution in [3.63, 3.8) is 0 Å². The average molecular weight is 122 g/mol. The Morgan fingerprint density at radius 3 is 2.33 bits per heavy atom. The van der Waals surface area contributed by atoms with Crippen molar-refractivity contribution >= 4 is 0 Å². The second-order valence-corrected chi connectivity index (χ2v) is 1.79. The van der Waals surface area contributed by atoms with Gasteiger partial charge in [-0.1, -0.05) is 0 Å². The molecule has 0 spiro atoms. The zero-order valence-corrected chi connectivity index (χ0v) is 4.74. The Morgan fingerprint density at radius 1 is 1.44 bits per heavy atom. The van der Waals surface area contributed by atoms with Gasteiger partial charge in [-0.15, -0.1) is 0 Å². The van der Waals surface area contributed by atoms with E-state index in [9.17, 15) is 0 Å². The van der Waals surface area contributed by atoms with Crippen molar-refractivity contribution in [1.29, 1.82) is 5.26 Å². The fourth-order valence-corrected chi connectivity index (χ4v) is 0.479. The Labute approximate surface area is 53.0 Å². The van der Waals surface area contributed by atoms with Gasteiger partial charge in [0.1, 0.15) is 5.54 Å². The smallest absolute Gasteiger partial charge is 0.148 e. The Bertz CT molecular complexity index is 188. The van der Waals surface area contributed by atoms with E-state index in [0.717, 1.165) is 0 Å². The largest absolute Gasteiger partial charge is 0.473 e. The van der Waals surface area contributed by atoms with Gasteiger partial charge in [0.15, 0.2) is 0 Å². The highest BCUT2D eigenvalue weighted by Gasteiger charge is 2.18. The lowest BCUT2D eigenvalue weighted by atomic mass is 10.0. The van der Waals surface area contributed by atoms with Crippen LogP contribution in [0, 0.1) is 11.3 Å². The van der Waals surface area contributed by atoms with Gasteiger partial charge in [0.05, 0.1) is 18.6 Å². The van der Waals surface area contributed by atoms with E-state index in [4.69, 9.17) is 11.0 Å². The molecule has 0 amide bonds. The first-order valence-electron chi connectivity index (χ1n) is 2.48. The molecule has 2 N–H and O–H groups in total. The van der Waals surface area contributed by atoms with Crippen LogP contribution in [0.5, 0.6) is 0 Å². The van der Waals surface area contributed by atoms with Crippen LogP contribution in [-0.2, 0) is 4.74 Å². The molecule has 3 heteroatoms. The Balaban J connectivity index is 2.82. The van der Waals surface area contributed by atoms with Crippen LogP contribution in [0.1, 0.15) is 0 Å². The highest BCUT2D eigenvalue weighted by molar-refractivity contribution is 5.28. The van der Waals surface area contributed by atoms with Crippen LogP contribution in [0.15, 0.2) is 24.7 Å². The summed E-state index contributed by atoms with van der Waals surface area (Å²) in [5.41, 5.74) is 4.48. The van der Waals surface area contributed by atoms with Gasteiger partial charge in [-0.25, -0.2) is 0 Å². The van der Waals surface area contributed by atoms with Crippen LogP contribution in [0.4, 0.5) is 0 Å². The van der Waals surface area contributed by atoms with Crippen LogP contribution in [0.2, 0.25) is 0 Å². The second kappa shape index (κ2) is 1.92. The minimum absolute atomic E-state index is 0.960. The number of nitrogens with zero attached hydrogens (tertiary/aromatic N) is 1. The summed E-state index contributed by atoms with van der Waals surface area (Å²) in [6.45, 7) is 0. The lowest BCUT2D eigenvalue weighted by molar-refractivity contribution is 0.384. The van der Waals surface area contributed by atoms with E-state index in [0.29, 0.717) is 0 Å². The summed E-state index contributed by atoms with van der Waals surface area (Å²) >= 11 is 0. The molecule has 1 aliphatic rings. The molecule has 9 heavy (non-hydrogen) atoms. The molecule has 0 saturated heterocycles. The molecular weight excluding hydrogens is 116 g/mol. The van der Waals surface area contributed by atoms with E-state index in [1.807, 2.05) is 6.07 Å². The Morgan fingerprint density at radius 2 is 2.00 bits per heavy atom. The van der Waals surface area contributed by atoms with Gasteiger partial charge < -0.3 is 10.5 Å². The van der Waals surface area contributed by atoms with Crippen molar-refractivity contribution in [3.8, 4) is 6.07 Å². The molecule has 46 valence electrons. The van der Waals surface area contributed by atoms with Crippen molar-refractivity contribution in [2.24, 2.45) is 5.73 Å². The van der Waals surface area contributed by atoms with Crippen LogP contribution >= 0.6 is 0 Å². The minimum Gasteiger partial charge on any atom is -0.473 e. The predicted molar refractivity (Wildman–Crippen MR) is 31.9 cm³/mol. The van der Waals surface area contributed by atoms with E-state index in [-0.39, 0.29) is 0 Å². The third-order valence-electron chi connectivity index (χ3n) is 1.04. The first-order chi connectivity index (χ1) is 4.27. The highest BCUT2D eigenvalue weighted by Crippen LogP contribution is 2.07. The normalized spacial score (nSPS) is 20.4. The third-order valence-corrected chi connectivity index (χ3v) is 1.04. The number of nitrogens with two attached hydrogens (primary N) is 1. The molecule has 1 heterocycles. The van der Waals surface area contributed by atoms with E-state index in [1.54, 1.807) is 0 Å². The molecule has 1 rings (SSSR count). The van der Waals surface area contributed by atoms with E-state index < -0.39 is 5.54 Å². The van der Waals surface area contributed by atoms with Crippen molar-refractivity contribution < 1.29 is 4.74 Å². The maximum absolute atomic E-state index is 8.42. The quantitative estimate of drug-likeness (QED) is 0.501. The van der Waals surface area contributed by atoms with E-state index >= 15 is 0 Å². The maximum Gasteiger partial charge on any atom is 0.148 e. The standard InChI is InChI=1S/C6H6N2O/c7-5-6(8)1-3-9-4-2-6/h1-4H,8H2. The van der Waals surface area contributed by atoms with Crippen LogP contribution in [-0.4, -0.2) is 5.54 Å². The molecule has 0 bridgehead atoms. The van der Waals surface area contributed by atoms with Crippen molar-refractivity contribution in [3.05, 3.63) is 24.7 Å². The van der Waals surface area contributed by atoms with Gasteiger partial charge in [-0.3, -0.25) is 0 Å². The predicted octanol–water partition coefficient (Wildman–Crippen LogP) is 0.265. The molecule has 0 aromatic carbocycles. The maximum atomic E-state index is 8.42. The van der Waals surface area contributed by atoms with Gasteiger partial charge in [0.25, 0.3) is 0 Å². The van der Waals surface area contributed by atoms with Gasteiger partial charge in [0, 0.05) is 0 Å². The topological polar surface area (TPSA) is 59.0 Å². The fourth-order valence-electron chi connectivity index (χ4n) is 0.479. The Hall–Kier alpha value is -1.27. The number of ether oxygens (including phenoxy) is 1. The first-order valence-corrected chi connectivity index (χ1v) is 2.48. The summed E-state index contributed by atoms with van der Waals surface area (Å²) in [4.78, 5) is 0. The fraction of sp³-hybridized carbons (Fsp3) is 0.167. The number of hydrogen-bond donors (Lipinski definition) is 1. The summed E-state index contributed by atoms with van der Waals surface area (Å²) in [5, 5.41) is 8.42. The summed E-state index contributed by atoms with van der Waals surface area (Å²) in [6.07, 6.45) is 5.77. The second-order valence-electron chi connectivity index (χ2n) is 1.79. The Kier molecular flexibility index (Phi) is 1.25.